The first kappa shape index (κ1) is 16.7. The summed E-state index contributed by atoms with van der Waals surface area (Å²) in [6, 6.07) is 10.1. The number of likely N-dealkylation sites (N-methyl/N-ethyl adjacent to an activating group) is 1. The summed E-state index contributed by atoms with van der Waals surface area (Å²) >= 11 is 0. The fourth-order valence-electron chi connectivity index (χ4n) is 3.74. The zero-order valence-electron chi connectivity index (χ0n) is 14.1. The topological polar surface area (TPSA) is 55.8 Å². The number of nitrogens with zero attached hydrogens (tertiary/aromatic N) is 1. The van der Waals surface area contributed by atoms with Crippen molar-refractivity contribution in [1.29, 1.82) is 0 Å². The van der Waals surface area contributed by atoms with Gasteiger partial charge in [-0.25, -0.2) is 4.79 Å². The van der Waals surface area contributed by atoms with E-state index in [0.29, 0.717) is 12.5 Å². The van der Waals surface area contributed by atoms with Gasteiger partial charge in [0.25, 0.3) is 0 Å². The van der Waals surface area contributed by atoms with E-state index in [-0.39, 0.29) is 30.2 Å². The molecule has 4 atom stereocenters. The number of piperidine rings is 1. The molecule has 5 nitrogen and oxygen atoms in total. The second-order valence-corrected chi connectivity index (χ2v) is 6.54. The number of ether oxygens (including phenoxy) is 2. The summed E-state index contributed by atoms with van der Waals surface area (Å²) in [5.41, 5.74) is 0.966. The Labute approximate surface area is 142 Å². The largest absolute Gasteiger partial charge is 0.461 e. The van der Waals surface area contributed by atoms with Crippen molar-refractivity contribution >= 4 is 18.0 Å². The van der Waals surface area contributed by atoms with Gasteiger partial charge in [0.15, 0.2) is 0 Å². The van der Waals surface area contributed by atoms with E-state index in [1.165, 1.54) is 13.0 Å². The van der Waals surface area contributed by atoms with Crippen LogP contribution in [0.2, 0.25) is 0 Å². The summed E-state index contributed by atoms with van der Waals surface area (Å²) in [5.74, 6) is -0.572. The monoisotopic (exact) mass is 329 g/mol. The minimum Gasteiger partial charge on any atom is -0.461 e. The molecule has 2 aliphatic rings. The third-order valence-corrected chi connectivity index (χ3v) is 4.88. The fraction of sp³-hybridized carbons (Fsp3) is 0.474. The maximum Gasteiger partial charge on any atom is 0.331 e. The Morgan fingerprint density at radius 3 is 2.58 bits per heavy atom. The molecule has 5 heteroatoms. The molecule has 2 aliphatic heterocycles. The zero-order chi connectivity index (χ0) is 17.1. The maximum absolute atomic E-state index is 12.1. The van der Waals surface area contributed by atoms with Gasteiger partial charge in [0.05, 0.1) is 6.04 Å². The van der Waals surface area contributed by atoms with Crippen LogP contribution in [0.15, 0.2) is 36.4 Å². The number of fused-ring (bicyclic) bond motifs is 2. The lowest BCUT2D eigenvalue weighted by Crippen LogP contribution is -2.45. The number of carbonyl (C=O) groups excluding carboxylic acids is 2. The second kappa shape index (κ2) is 7.18. The molecular formula is C19H23NO4. The van der Waals surface area contributed by atoms with Crippen LogP contribution in [0.4, 0.5) is 0 Å². The van der Waals surface area contributed by atoms with Crippen LogP contribution >= 0.6 is 0 Å². The van der Waals surface area contributed by atoms with Crippen molar-refractivity contribution in [2.24, 2.45) is 0 Å². The fourth-order valence-corrected chi connectivity index (χ4v) is 3.74. The molecule has 2 bridgehead atoms. The first-order valence-electron chi connectivity index (χ1n) is 8.36. The van der Waals surface area contributed by atoms with E-state index in [2.05, 4.69) is 4.90 Å². The van der Waals surface area contributed by atoms with Crippen LogP contribution in [0.5, 0.6) is 0 Å². The predicted molar refractivity (Wildman–Crippen MR) is 90.1 cm³/mol. The molecule has 0 saturated carbocycles. The molecule has 128 valence electrons. The van der Waals surface area contributed by atoms with E-state index in [1.54, 1.807) is 6.08 Å². The lowest BCUT2D eigenvalue weighted by molar-refractivity contribution is -0.151. The van der Waals surface area contributed by atoms with Crippen molar-refractivity contribution in [2.45, 2.75) is 50.5 Å². The second-order valence-electron chi connectivity index (χ2n) is 6.54. The summed E-state index contributed by atoms with van der Waals surface area (Å²) in [7, 11) is 2.05. The third kappa shape index (κ3) is 3.85. The highest BCUT2D eigenvalue weighted by molar-refractivity contribution is 5.87. The van der Waals surface area contributed by atoms with Gasteiger partial charge in [0.2, 0.25) is 0 Å². The standard InChI is InChI=1S/C19H23NO4/c1-13(21)23-18-11-15-10-16(12-17(18)20(15)2)24-19(22)9-8-14-6-4-3-5-7-14/h3-9,15-18H,10-12H2,1-2H3/b9-8+/t15-,16-,17+,18-/m0/s1. The van der Waals surface area contributed by atoms with E-state index in [0.717, 1.165) is 18.4 Å². The quantitative estimate of drug-likeness (QED) is 0.627. The number of benzene rings is 1. The van der Waals surface area contributed by atoms with Crippen LogP contribution in [0.25, 0.3) is 6.08 Å². The van der Waals surface area contributed by atoms with Gasteiger partial charge in [0.1, 0.15) is 12.2 Å². The molecule has 0 aliphatic carbocycles. The summed E-state index contributed by atoms with van der Waals surface area (Å²) in [6.07, 6.45) is 5.32. The van der Waals surface area contributed by atoms with Crippen molar-refractivity contribution in [3.63, 3.8) is 0 Å². The van der Waals surface area contributed by atoms with Crippen LogP contribution in [0.3, 0.4) is 0 Å². The molecule has 0 aromatic heterocycles. The van der Waals surface area contributed by atoms with Gasteiger partial charge in [-0.15, -0.1) is 0 Å². The zero-order valence-corrected chi connectivity index (χ0v) is 14.1. The lowest BCUT2D eigenvalue weighted by atomic mass is 10.0. The summed E-state index contributed by atoms with van der Waals surface area (Å²) < 4.78 is 11.0. The van der Waals surface area contributed by atoms with Gasteiger partial charge < -0.3 is 9.47 Å². The van der Waals surface area contributed by atoms with E-state index in [1.807, 2.05) is 37.4 Å². The van der Waals surface area contributed by atoms with Crippen molar-refractivity contribution in [3.8, 4) is 0 Å². The number of rotatable bonds is 4. The highest BCUT2D eigenvalue weighted by Crippen LogP contribution is 2.37. The molecule has 24 heavy (non-hydrogen) atoms. The molecule has 1 aromatic carbocycles. The summed E-state index contributed by atoms with van der Waals surface area (Å²) in [5, 5.41) is 0. The highest BCUT2D eigenvalue weighted by Gasteiger charge is 2.47. The number of hydrogen-bond acceptors (Lipinski definition) is 5. The van der Waals surface area contributed by atoms with Crippen molar-refractivity contribution in [2.75, 3.05) is 7.05 Å². The van der Waals surface area contributed by atoms with Gasteiger partial charge in [-0.3, -0.25) is 9.69 Å². The minimum absolute atomic E-state index is 0.0962. The van der Waals surface area contributed by atoms with Gasteiger partial charge >= 0.3 is 11.9 Å². The molecule has 0 amide bonds. The average Bonchev–Trinajstić information content (AvgIpc) is 2.71. The Morgan fingerprint density at radius 2 is 1.88 bits per heavy atom. The molecule has 0 spiro atoms. The number of carbonyl (C=O) groups is 2. The van der Waals surface area contributed by atoms with Gasteiger partial charge in [-0.05, 0) is 18.7 Å². The van der Waals surface area contributed by atoms with E-state index < -0.39 is 0 Å². The smallest absolute Gasteiger partial charge is 0.331 e. The van der Waals surface area contributed by atoms with Gasteiger partial charge in [-0.2, -0.15) is 0 Å². The van der Waals surface area contributed by atoms with E-state index in [4.69, 9.17) is 9.47 Å². The van der Waals surface area contributed by atoms with Crippen molar-refractivity contribution in [3.05, 3.63) is 42.0 Å². The molecule has 3 rings (SSSR count). The SMILES string of the molecule is CC(=O)O[C@H]1C[C@@H]2C[C@H](OC(=O)/C=C/c3ccccc3)C[C@H]1N2C. The lowest BCUT2D eigenvalue weighted by Gasteiger charge is -2.36. The minimum atomic E-state index is -0.322. The Hall–Kier alpha value is -2.14. The molecule has 0 unspecified atom stereocenters. The average molecular weight is 329 g/mol. The van der Waals surface area contributed by atoms with Crippen LogP contribution in [-0.4, -0.2) is 48.2 Å². The predicted octanol–water partition coefficient (Wildman–Crippen LogP) is 2.41. The van der Waals surface area contributed by atoms with Gasteiger partial charge in [0, 0.05) is 38.3 Å². The van der Waals surface area contributed by atoms with E-state index >= 15 is 0 Å². The Kier molecular flexibility index (Phi) is 5.00. The first-order chi connectivity index (χ1) is 11.5. The molecule has 2 saturated heterocycles. The van der Waals surface area contributed by atoms with Crippen LogP contribution in [0.1, 0.15) is 31.7 Å². The van der Waals surface area contributed by atoms with E-state index in [9.17, 15) is 9.59 Å². The Balaban J connectivity index is 1.56. The Morgan fingerprint density at radius 1 is 1.12 bits per heavy atom. The normalized spacial score (nSPS) is 29.6. The number of hydrogen-bond donors (Lipinski definition) is 0. The van der Waals surface area contributed by atoms with Crippen molar-refractivity contribution < 1.29 is 19.1 Å². The molecule has 0 radical (unpaired) electrons. The molecular weight excluding hydrogens is 306 g/mol. The first-order valence-corrected chi connectivity index (χ1v) is 8.36. The summed E-state index contributed by atoms with van der Waals surface area (Å²) in [6.45, 7) is 1.44. The maximum atomic E-state index is 12.1. The van der Waals surface area contributed by atoms with Crippen LogP contribution < -0.4 is 0 Å². The highest BCUT2D eigenvalue weighted by atomic mass is 16.6. The van der Waals surface area contributed by atoms with Crippen LogP contribution in [-0.2, 0) is 19.1 Å². The molecule has 2 heterocycles. The molecule has 1 aromatic rings. The Bertz CT molecular complexity index is 628. The third-order valence-electron chi connectivity index (χ3n) is 4.88. The number of esters is 2. The van der Waals surface area contributed by atoms with Crippen molar-refractivity contribution in [1.82, 2.24) is 4.90 Å². The molecule has 2 fully saturated rings. The molecule has 0 N–H and O–H groups in total. The van der Waals surface area contributed by atoms with Crippen LogP contribution in [0, 0.1) is 0 Å². The van der Waals surface area contributed by atoms with Gasteiger partial charge in [-0.1, -0.05) is 30.3 Å². The summed E-state index contributed by atoms with van der Waals surface area (Å²) in [4.78, 5) is 25.5.